The molecule has 0 aliphatic rings. The van der Waals surface area contributed by atoms with Crippen molar-refractivity contribution in [3.8, 4) is 11.5 Å². The van der Waals surface area contributed by atoms with Gasteiger partial charge in [-0.1, -0.05) is 13.8 Å². The number of nitrogens with zero attached hydrogens (tertiary/aromatic N) is 2. The number of rotatable bonds is 10. The van der Waals surface area contributed by atoms with Gasteiger partial charge in [-0.05, 0) is 40.3 Å². The number of hydrogen-bond donors (Lipinski definition) is 1. The van der Waals surface area contributed by atoms with Crippen LogP contribution in [0, 0.1) is 0 Å². The highest BCUT2D eigenvalue weighted by Gasteiger charge is 2.17. The summed E-state index contributed by atoms with van der Waals surface area (Å²) in [6.07, 6.45) is 0.497. The number of methoxy groups -OCH3 is 1. The van der Waals surface area contributed by atoms with E-state index in [0.717, 1.165) is 41.3 Å². The van der Waals surface area contributed by atoms with Gasteiger partial charge in [-0.2, -0.15) is 0 Å². The smallest absolute Gasteiger partial charge is 0.408 e. The number of nitrogens with one attached hydrogen (secondary N) is 1. The van der Waals surface area contributed by atoms with E-state index in [0.29, 0.717) is 24.7 Å². The summed E-state index contributed by atoms with van der Waals surface area (Å²) in [4.78, 5) is 18.8. The lowest BCUT2D eigenvalue weighted by molar-refractivity contribution is 0.0523. The Kier molecular flexibility index (Phi) is 8.52. The number of fused-ring (bicyclic) bond motifs is 1. The maximum atomic E-state index is 11.8. The monoisotopic (exact) mass is 423 g/mol. The number of carbonyl (C=O) groups excluding carboxylic acids is 1. The summed E-state index contributed by atoms with van der Waals surface area (Å²) < 4.78 is 17.7. The fraction of sp³-hybridized carbons (Fsp3) is 0.619. The number of ether oxygens (including phenoxy) is 3. The van der Waals surface area contributed by atoms with Gasteiger partial charge >= 0.3 is 6.09 Å². The Bertz CT molecular complexity index is 797. The second kappa shape index (κ2) is 10.6. The maximum Gasteiger partial charge on any atom is 0.408 e. The average molecular weight is 424 g/mol. The Hall–Kier alpha value is -2.06. The molecule has 7 nitrogen and oxygen atoms in total. The summed E-state index contributed by atoms with van der Waals surface area (Å²) in [6.45, 7) is 13.9. The van der Waals surface area contributed by atoms with E-state index >= 15 is 0 Å². The molecule has 1 heterocycles. The molecule has 2 aromatic rings. The molecule has 0 saturated heterocycles. The third-order valence-electron chi connectivity index (χ3n) is 4.27. The standard InChI is InChI=1S/C21H33N3O4S/c1-7-24(8-2)10-9-11-27-17-12-15-18(13-16(17)26-6)29-19(23-15)14-22-20(25)28-21(3,4)5/h12-13H,7-11,14H2,1-6H3,(H,22,25). The molecule has 0 aliphatic carbocycles. The van der Waals surface area contributed by atoms with Crippen molar-refractivity contribution in [2.75, 3.05) is 33.4 Å². The number of alkyl carbamates (subject to hydrolysis) is 1. The van der Waals surface area contributed by atoms with E-state index in [1.54, 1.807) is 7.11 Å². The van der Waals surface area contributed by atoms with Gasteiger partial charge in [-0.25, -0.2) is 9.78 Å². The molecule has 8 heteroatoms. The van der Waals surface area contributed by atoms with Gasteiger partial charge in [0.25, 0.3) is 0 Å². The Balaban J connectivity index is 2.00. The predicted octanol–water partition coefficient (Wildman–Crippen LogP) is 4.44. The molecule has 1 aromatic carbocycles. The van der Waals surface area contributed by atoms with Crippen molar-refractivity contribution in [1.82, 2.24) is 15.2 Å². The molecule has 0 bridgehead atoms. The lowest BCUT2D eigenvalue weighted by Crippen LogP contribution is -2.32. The topological polar surface area (TPSA) is 72.9 Å². The van der Waals surface area contributed by atoms with E-state index in [9.17, 15) is 4.79 Å². The molecule has 1 amide bonds. The number of carbonyl (C=O) groups is 1. The van der Waals surface area contributed by atoms with Crippen molar-refractivity contribution in [1.29, 1.82) is 0 Å². The summed E-state index contributed by atoms with van der Waals surface area (Å²) >= 11 is 1.51. The summed E-state index contributed by atoms with van der Waals surface area (Å²) in [6, 6.07) is 3.84. The van der Waals surface area contributed by atoms with Crippen LogP contribution < -0.4 is 14.8 Å². The number of thiazole rings is 1. The lowest BCUT2D eigenvalue weighted by atomic mass is 10.2. The molecule has 0 spiro atoms. The Morgan fingerprint density at radius 3 is 2.55 bits per heavy atom. The van der Waals surface area contributed by atoms with Crippen molar-refractivity contribution >= 4 is 27.6 Å². The minimum Gasteiger partial charge on any atom is -0.493 e. The van der Waals surface area contributed by atoms with Gasteiger partial charge < -0.3 is 24.4 Å². The van der Waals surface area contributed by atoms with E-state index < -0.39 is 11.7 Å². The second-order valence-electron chi connectivity index (χ2n) is 7.66. The molecule has 0 saturated carbocycles. The zero-order chi connectivity index (χ0) is 21.4. The van der Waals surface area contributed by atoms with Gasteiger partial charge in [0.1, 0.15) is 10.6 Å². The Labute approximate surface area is 177 Å². The van der Waals surface area contributed by atoms with Crippen LogP contribution in [0.2, 0.25) is 0 Å². The molecule has 1 N–H and O–H groups in total. The maximum absolute atomic E-state index is 11.8. The summed E-state index contributed by atoms with van der Waals surface area (Å²) in [5, 5.41) is 3.54. The van der Waals surface area contributed by atoms with Gasteiger partial charge in [-0.3, -0.25) is 0 Å². The van der Waals surface area contributed by atoms with Crippen LogP contribution in [0.5, 0.6) is 11.5 Å². The molecule has 29 heavy (non-hydrogen) atoms. The van der Waals surface area contributed by atoms with Crippen molar-refractivity contribution in [2.45, 2.75) is 53.2 Å². The highest BCUT2D eigenvalue weighted by atomic mass is 32.1. The highest BCUT2D eigenvalue weighted by Crippen LogP contribution is 2.35. The molecule has 2 rings (SSSR count). The van der Waals surface area contributed by atoms with Crippen LogP contribution in [0.15, 0.2) is 12.1 Å². The lowest BCUT2D eigenvalue weighted by Gasteiger charge is -2.19. The first-order valence-corrected chi connectivity index (χ1v) is 10.9. The average Bonchev–Trinajstić information content (AvgIpc) is 3.06. The van der Waals surface area contributed by atoms with Crippen molar-refractivity contribution in [2.24, 2.45) is 0 Å². The van der Waals surface area contributed by atoms with E-state index in [4.69, 9.17) is 14.2 Å². The minimum absolute atomic E-state index is 0.316. The first-order valence-electron chi connectivity index (χ1n) is 10.0. The third-order valence-corrected chi connectivity index (χ3v) is 5.29. The largest absolute Gasteiger partial charge is 0.493 e. The number of benzene rings is 1. The van der Waals surface area contributed by atoms with E-state index in [-0.39, 0.29) is 0 Å². The first-order chi connectivity index (χ1) is 13.8. The molecule has 0 unspecified atom stereocenters. The number of hydrogen-bond acceptors (Lipinski definition) is 7. The fourth-order valence-corrected chi connectivity index (χ4v) is 3.72. The van der Waals surface area contributed by atoms with E-state index in [1.165, 1.54) is 11.3 Å². The second-order valence-corrected chi connectivity index (χ2v) is 8.78. The van der Waals surface area contributed by atoms with Crippen molar-refractivity contribution in [3.63, 3.8) is 0 Å². The van der Waals surface area contributed by atoms with Gasteiger partial charge in [0.05, 0.1) is 30.5 Å². The van der Waals surface area contributed by atoms with Crippen molar-refractivity contribution < 1.29 is 19.0 Å². The van der Waals surface area contributed by atoms with Crippen molar-refractivity contribution in [3.05, 3.63) is 17.1 Å². The zero-order valence-corrected chi connectivity index (χ0v) is 19.1. The molecule has 0 radical (unpaired) electrons. The molecule has 0 aliphatic heterocycles. The number of aromatic nitrogens is 1. The predicted molar refractivity (Wildman–Crippen MR) is 117 cm³/mol. The van der Waals surface area contributed by atoms with Crippen LogP contribution >= 0.6 is 11.3 Å². The molecule has 162 valence electrons. The van der Waals surface area contributed by atoms with Gasteiger partial charge in [0, 0.05) is 18.7 Å². The quantitative estimate of drug-likeness (QED) is 0.570. The summed E-state index contributed by atoms with van der Waals surface area (Å²) in [5.74, 6) is 1.38. The normalized spacial score (nSPS) is 11.7. The SMILES string of the molecule is CCN(CC)CCCOc1cc2nc(CNC(=O)OC(C)(C)C)sc2cc1OC. The summed E-state index contributed by atoms with van der Waals surface area (Å²) in [7, 11) is 1.63. The zero-order valence-electron chi connectivity index (χ0n) is 18.3. The van der Waals surface area contributed by atoms with Crippen LogP contribution in [0.4, 0.5) is 4.79 Å². The van der Waals surface area contributed by atoms with Gasteiger partial charge in [0.2, 0.25) is 0 Å². The van der Waals surface area contributed by atoms with E-state index in [2.05, 4.69) is 29.0 Å². The number of amides is 1. The highest BCUT2D eigenvalue weighted by molar-refractivity contribution is 7.18. The van der Waals surface area contributed by atoms with Crippen LogP contribution in [-0.4, -0.2) is 54.9 Å². The van der Waals surface area contributed by atoms with Gasteiger partial charge in [-0.15, -0.1) is 11.3 Å². The van der Waals surface area contributed by atoms with Crippen LogP contribution in [0.25, 0.3) is 10.2 Å². The fourth-order valence-electron chi connectivity index (χ4n) is 2.80. The van der Waals surface area contributed by atoms with Crippen LogP contribution in [0.1, 0.15) is 46.0 Å². The Morgan fingerprint density at radius 1 is 1.21 bits per heavy atom. The van der Waals surface area contributed by atoms with E-state index in [1.807, 2.05) is 32.9 Å². The van der Waals surface area contributed by atoms with Crippen LogP contribution in [0.3, 0.4) is 0 Å². The summed E-state index contributed by atoms with van der Waals surface area (Å²) in [5.41, 5.74) is 0.304. The molecule has 0 atom stereocenters. The molecule has 1 aromatic heterocycles. The molecular weight excluding hydrogens is 390 g/mol. The molecular formula is C21H33N3O4S. The minimum atomic E-state index is -0.525. The third kappa shape index (κ3) is 7.36. The van der Waals surface area contributed by atoms with Crippen LogP contribution in [-0.2, 0) is 11.3 Å². The van der Waals surface area contributed by atoms with Gasteiger partial charge in [0.15, 0.2) is 11.5 Å². The Morgan fingerprint density at radius 2 is 1.93 bits per heavy atom. The molecule has 0 fully saturated rings. The first kappa shape index (κ1) is 23.2.